The summed E-state index contributed by atoms with van der Waals surface area (Å²) in [7, 11) is 0. The van der Waals surface area contributed by atoms with Gasteiger partial charge in [-0.3, -0.25) is 4.79 Å². The summed E-state index contributed by atoms with van der Waals surface area (Å²) in [4.78, 5) is 12.3. The van der Waals surface area contributed by atoms with Gasteiger partial charge in [-0.15, -0.1) is 0 Å². The monoisotopic (exact) mass is 535 g/mol. The van der Waals surface area contributed by atoms with Gasteiger partial charge in [0.05, 0.1) is 18.8 Å². The molecule has 222 valence electrons. The highest BCUT2D eigenvalue weighted by Gasteiger charge is 2.22. The van der Waals surface area contributed by atoms with Crippen molar-refractivity contribution in [1.29, 1.82) is 0 Å². The van der Waals surface area contributed by atoms with Crippen LogP contribution in [0.3, 0.4) is 0 Å². The average molecular weight is 536 g/mol. The summed E-state index contributed by atoms with van der Waals surface area (Å²) in [6.07, 6.45) is 33.0. The van der Waals surface area contributed by atoms with E-state index in [1.54, 1.807) is 6.08 Å². The zero-order chi connectivity index (χ0) is 28.1. The van der Waals surface area contributed by atoms with Gasteiger partial charge >= 0.3 is 0 Å². The van der Waals surface area contributed by atoms with Crippen molar-refractivity contribution in [2.45, 2.75) is 161 Å². The lowest BCUT2D eigenvalue weighted by Gasteiger charge is -2.21. The fourth-order valence-electron chi connectivity index (χ4n) is 4.40. The number of aliphatic hydroxyl groups excluding tert-OH is 3. The third kappa shape index (κ3) is 23.7. The van der Waals surface area contributed by atoms with Gasteiger partial charge in [-0.05, 0) is 38.5 Å². The Morgan fingerprint density at radius 3 is 1.55 bits per heavy atom. The molecule has 0 aromatic heterocycles. The number of hydrogen-bond acceptors (Lipinski definition) is 4. The van der Waals surface area contributed by atoms with Crippen molar-refractivity contribution in [3.63, 3.8) is 0 Å². The Balaban J connectivity index is 3.87. The van der Waals surface area contributed by atoms with Crippen molar-refractivity contribution < 1.29 is 20.1 Å². The van der Waals surface area contributed by atoms with E-state index in [0.717, 1.165) is 51.4 Å². The first-order valence-electron chi connectivity index (χ1n) is 15.8. The van der Waals surface area contributed by atoms with Gasteiger partial charge in [-0.25, -0.2) is 0 Å². The standard InChI is InChI=1S/C33H61NO4/c1-3-5-7-9-11-13-15-16-18-20-22-24-26-28-32(37)33(38)34-30(29-35)31(36)27-25-23-21-19-17-14-12-10-8-6-4-2/h8,10,17,19,25,27,30-32,35-37H,3-7,9,11-16,18,20-24,26,28-29H2,1-2H3,(H,34,38)/b10-8+,19-17+,27-25+. The van der Waals surface area contributed by atoms with Gasteiger partial charge in [0.15, 0.2) is 0 Å². The number of nitrogens with one attached hydrogen (secondary N) is 1. The molecule has 3 atom stereocenters. The molecule has 0 fully saturated rings. The van der Waals surface area contributed by atoms with E-state index < -0.39 is 24.2 Å². The molecule has 0 heterocycles. The number of carbonyl (C=O) groups excluding carboxylic acids is 1. The lowest BCUT2D eigenvalue weighted by atomic mass is 10.0. The van der Waals surface area contributed by atoms with E-state index >= 15 is 0 Å². The Hall–Kier alpha value is -1.43. The predicted octanol–water partition coefficient (Wildman–Crippen LogP) is 7.70. The van der Waals surface area contributed by atoms with Crippen LogP contribution in [-0.2, 0) is 4.79 Å². The summed E-state index contributed by atoms with van der Waals surface area (Å²) in [6.45, 7) is 4.05. The number of allylic oxidation sites excluding steroid dienone is 5. The second kappa shape index (κ2) is 28.6. The van der Waals surface area contributed by atoms with Crippen LogP contribution in [-0.4, -0.2) is 46.1 Å². The highest BCUT2D eigenvalue weighted by atomic mass is 16.3. The molecule has 3 unspecified atom stereocenters. The molecule has 1 amide bonds. The maximum Gasteiger partial charge on any atom is 0.249 e. The molecule has 0 aliphatic heterocycles. The molecule has 0 aromatic carbocycles. The lowest BCUT2D eigenvalue weighted by molar-refractivity contribution is -0.131. The van der Waals surface area contributed by atoms with E-state index in [1.807, 2.05) is 6.08 Å². The first kappa shape index (κ1) is 36.6. The lowest BCUT2D eigenvalue weighted by Crippen LogP contribution is -2.48. The number of hydrogen-bond donors (Lipinski definition) is 4. The summed E-state index contributed by atoms with van der Waals surface area (Å²) in [5.74, 6) is -0.522. The number of aliphatic hydroxyl groups is 3. The van der Waals surface area contributed by atoms with E-state index in [1.165, 1.54) is 70.6 Å². The Morgan fingerprint density at radius 2 is 1.08 bits per heavy atom. The Morgan fingerprint density at radius 1 is 0.632 bits per heavy atom. The Bertz CT molecular complexity index is 602. The summed E-state index contributed by atoms with van der Waals surface area (Å²) >= 11 is 0. The number of amides is 1. The normalized spacial score (nSPS) is 14.6. The van der Waals surface area contributed by atoms with Gasteiger partial charge in [0, 0.05) is 0 Å². The maximum absolute atomic E-state index is 12.3. The fraction of sp³-hybridized carbons (Fsp3) is 0.788. The fourth-order valence-corrected chi connectivity index (χ4v) is 4.40. The van der Waals surface area contributed by atoms with Crippen molar-refractivity contribution in [2.75, 3.05) is 6.61 Å². The van der Waals surface area contributed by atoms with Crippen LogP contribution in [0.15, 0.2) is 36.5 Å². The second-order valence-electron chi connectivity index (χ2n) is 10.6. The molecule has 38 heavy (non-hydrogen) atoms. The number of carbonyl (C=O) groups is 1. The third-order valence-corrected chi connectivity index (χ3v) is 6.94. The third-order valence-electron chi connectivity index (χ3n) is 6.94. The molecular weight excluding hydrogens is 474 g/mol. The highest BCUT2D eigenvalue weighted by Crippen LogP contribution is 2.13. The van der Waals surface area contributed by atoms with Crippen molar-refractivity contribution in [3.05, 3.63) is 36.5 Å². The van der Waals surface area contributed by atoms with Gasteiger partial charge < -0.3 is 20.6 Å². The zero-order valence-corrected chi connectivity index (χ0v) is 24.8. The minimum Gasteiger partial charge on any atom is -0.394 e. The summed E-state index contributed by atoms with van der Waals surface area (Å²) in [5.41, 5.74) is 0. The second-order valence-corrected chi connectivity index (χ2v) is 10.6. The van der Waals surface area contributed by atoms with E-state index in [4.69, 9.17) is 0 Å². The van der Waals surface area contributed by atoms with E-state index in [9.17, 15) is 20.1 Å². The van der Waals surface area contributed by atoms with E-state index in [2.05, 4.69) is 43.5 Å². The minimum absolute atomic E-state index is 0.381. The highest BCUT2D eigenvalue weighted by molar-refractivity contribution is 5.80. The Labute approximate surface area is 234 Å². The molecule has 0 rings (SSSR count). The van der Waals surface area contributed by atoms with Crippen LogP contribution >= 0.6 is 0 Å². The summed E-state index contributed by atoms with van der Waals surface area (Å²) < 4.78 is 0. The molecule has 0 spiro atoms. The first-order chi connectivity index (χ1) is 18.6. The number of unbranched alkanes of at least 4 members (excludes halogenated alkanes) is 15. The van der Waals surface area contributed by atoms with Crippen molar-refractivity contribution >= 4 is 5.91 Å². The summed E-state index contributed by atoms with van der Waals surface area (Å²) in [5, 5.41) is 32.7. The van der Waals surface area contributed by atoms with Crippen LogP contribution in [0, 0.1) is 0 Å². The van der Waals surface area contributed by atoms with Gasteiger partial charge in [-0.2, -0.15) is 0 Å². The molecule has 5 nitrogen and oxygen atoms in total. The van der Waals surface area contributed by atoms with Gasteiger partial charge in [0.2, 0.25) is 5.91 Å². The van der Waals surface area contributed by atoms with Gasteiger partial charge in [-0.1, -0.05) is 140 Å². The topological polar surface area (TPSA) is 89.8 Å². The van der Waals surface area contributed by atoms with Crippen LogP contribution < -0.4 is 5.32 Å². The SMILES string of the molecule is CCC/C=C/CC/C=C/CC/C=C/C(O)C(CO)NC(=O)C(O)CCCCCCCCCCCCCCC. The zero-order valence-electron chi connectivity index (χ0n) is 24.8. The van der Waals surface area contributed by atoms with Crippen LogP contribution in [0.1, 0.15) is 142 Å². The molecule has 0 aromatic rings. The van der Waals surface area contributed by atoms with E-state index in [0.29, 0.717) is 6.42 Å². The Kier molecular flexibility index (Phi) is 27.5. The molecular formula is C33H61NO4. The van der Waals surface area contributed by atoms with Gasteiger partial charge in [0.25, 0.3) is 0 Å². The molecule has 0 aliphatic carbocycles. The van der Waals surface area contributed by atoms with Gasteiger partial charge in [0.1, 0.15) is 6.10 Å². The molecule has 0 saturated carbocycles. The molecule has 0 bridgehead atoms. The molecule has 4 N–H and O–H groups in total. The number of rotatable bonds is 27. The minimum atomic E-state index is -1.10. The van der Waals surface area contributed by atoms with Crippen molar-refractivity contribution in [2.24, 2.45) is 0 Å². The van der Waals surface area contributed by atoms with Crippen LogP contribution in [0.2, 0.25) is 0 Å². The largest absolute Gasteiger partial charge is 0.394 e. The van der Waals surface area contributed by atoms with Crippen LogP contribution in [0.25, 0.3) is 0 Å². The van der Waals surface area contributed by atoms with E-state index in [-0.39, 0.29) is 6.61 Å². The molecule has 5 heteroatoms. The smallest absolute Gasteiger partial charge is 0.249 e. The van der Waals surface area contributed by atoms with Crippen molar-refractivity contribution in [3.8, 4) is 0 Å². The van der Waals surface area contributed by atoms with Crippen LogP contribution in [0.5, 0.6) is 0 Å². The van der Waals surface area contributed by atoms with Crippen LogP contribution in [0.4, 0.5) is 0 Å². The first-order valence-corrected chi connectivity index (χ1v) is 15.8. The molecule has 0 radical (unpaired) electrons. The predicted molar refractivity (Wildman–Crippen MR) is 162 cm³/mol. The summed E-state index contributed by atoms with van der Waals surface area (Å²) in [6, 6.07) is -0.814. The molecule has 0 saturated heterocycles. The quantitative estimate of drug-likeness (QED) is 0.0641. The average Bonchev–Trinajstić information content (AvgIpc) is 2.92. The van der Waals surface area contributed by atoms with Crippen molar-refractivity contribution in [1.82, 2.24) is 5.32 Å². The maximum atomic E-state index is 12.3. The molecule has 0 aliphatic rings.